The summed E-state index contributed by atoms with van der Waals surface area (Å²) in [6.07, 6.45) is 0.323. The number of carboxylic acid groups (broad SMARTS) is 1. The maximum atomic E-state index is 11.1. The molecule has 2 heterocycles. The number of rotatable bonds is 1. The first kappa shape index (κ1) is 8.06. The smallest absolute Gasteiger partial charge is 0.321 e. The number of aromatic amines is 2. The van der Waals surface area contributed by atoms with Crippen LogP contribution < -0.4 is 10.9 Å². The maximum Gasteiger partial charge on any atom is 0.321 e. The van der Waals surface area contributed by atoms with Crippen LogP contribution >= 0.6 is 0 Å². The second kappa shape index (κ2) is 2.74. The molecule has 0 amide bonds. The van der Waals surface area contributed by atoms with Crippen LogP contribution in [0.25, 0.3) is 0 Å². The third-order valence-electron chi connectivity index (χ3n) is 2.20. The number of carbonyl (C=O) groups is 1. The van der Waals surface area contributed by atoms with Gasteiger partial charge in [-0.25, -0.2) is 0 Å². The summed E-state index contributed by atoms with van der Waals surface area (Å²) in [6.45, 7) is 0.311. The number of fused-ring (bicyclic) bond motifs is 1. The molecule has 0 radical (unpaired) electrons. The molecule has 70 valence electrons. The number of H-pyrrole nitrogens is 2. The van der Waals surface area contributed by atoms with E-state index < -0.39 is 12.0 Å². The summed E-state index contributed by atoms with van der Waals surface area (Å²) < 4.78 is 0. The average Bonchev–Trinajstić information content (AvgIpc) is 2.47. The van der Waals surface area contributed by atoms with Crippen molar-refractivity contribution < 1.29 is 9.90 Å². The molecule has 6 heteroatoms. The lowest BCUT2D eigenvalue weighted by Crippen LogP contribution is -2.42. The lowest BCUT2D eigenvalue weighted by Gasteiger charge is -2.18. The molecule has 4 N–H and O–H groups in total. The van der Waals surface area contributed by atoms with Crippen LogP contribution in [0.5, 0.6) is 0 Å². The van der Waals surface area contributed by atoms with E-state index in [4.69, 9.17) is 5.11 Å². The Morgan fingerprint density at radius 3 is 2.92 bits per heavy atom. The van der Waals surface area contributed by atoms with E-state index in [0.717, 1.165) is 0 Å². The summed E-state index contributed by atoms with van der Waals surface area (Å²) >= 11 is 0. The molecule has 1 aliphatic heterocycles. The molecule has 1 atom stereocenters. The fraction of sp³-hybridized carbons (Fsp3) is 0.429. The molecule has 1 aromatic rings. The highest BCUT2D eigenvalue weighted by Crippen LogP contribution is 2.09. The van der Waals surface area contributed by atoms with Gasteiger partial charge < -0.3 is 10.2 Å². The van der Waals surface area contributed by atoms with E-state index in [2.05, 4.69) is 15.5 Å². The van der Waals surface area contributed by atoms with Gasteiger partial charge in [0.05, 0.1) is 5.56 Å². The van der Waals surface area contributed by atoms with Gasteiger partial charge in [0, 0.05) is 18.7 Å². The van der Waals surface area contributed by atoms with Crippen LogP contribution in [0.1, 0.15) is 11.3 Å². The normalized spacial score (nSPS) is 21.1. The summed E-state index contributed by atoms with van der Waals surface area (Å²) in [5.41, 5.74) is 1.12. The largest absolute Gasteiger partial charge is 0.480 e. The van der Waals surface area contributed by atoms with Crippen LogP contribution in [0.15, 0.2) is 4.79 Å². The predicted molar refractivity (Wildman–Crippen MR) is 43.4 cm³/mol. The second-order valence-corrected chi connectivity index (χ2v) is 3.01. The van der Waals surface area contributed by atoms with Crippen molar-refractivity contribution in [2.24, 2.45) is 0 Å². The van der Waals surface area contributed by atoms with Crippen molar-refractivity contribution in [3.05, 3.63) is 21.6 Å². The van der Waals surface area contributed by atoms with E-state index in [-0.39, 0.29) is 5.56 Å². The zero-order chi connectivity index (χ0) is 9.42. The molecule has 0 saturated carbocycles. The molecule has 0 spiro atoms. The molecule has 1 aliphatic rings. The van der Waals surface area contributed by atoms with Crippen LogP contribution in [0.4, 0.5) is 0 Å². The van der Waals surface area contributed by atoms with E-state index in [0.29, 0.717) is 24.2 Å². The quantitative estimate of drug-likeness (QED) is 0.439. The Bertz CT molecular complexity index is 392. The van der Waals surface area contributed by atoms with Crippen molar-refractivity contribution in [3.63, 3.8) is 0 Å². The average molecular weight is 183 g/mol. The van der Waals surface area contributed by atoms with Crippen molar-refractivity contribution in [1.29, 1.82) is 0 Å². The third-order valence-corrected chi connectivity index (χ3v) is 2.20. The first-order chi connectivity index (χ1) is 6.18. The zero-order valence-corrected chi connectivity index (χ0v) is 6.76. The standard InChI is InChI=1S/C7H9N3O3/c11-6-3-2-8-5(7(12)13)1-4(3)9-10-6/h5,8H,1-2H2,(H,12,13)(H2,9,10,11). The lowest BCUT2D eigenvalue weighted by molar-refractivity contribution is -0.139. The highest BCUT2D eigenvalue weighted by atomic mass is 16.4. The molecule has 0 bridgehead atoms. The van der Waals surface area contributed by atoms with Gasteiger partial charge in [0.1, 0.15) is 6.04 Å². The van der Waals surface area contributed by atoms with Gasteiger partial charge in [-0.1, -0.05) is 0 Å². The number of hydrogen-bond donors (Lipinski definition) is 4. The fourth-order valence-corrected chi connectivity index (χ4v) is 1.46. The van der Waals surface area contributed by atoms with Gasteiger partial charge in [-0.15, -0.1) is 0 Å². The molecule has 1 aromatic heterocycles. The third kappa shape index (κ3) is 1.25. The Labute approximate surface area is 72.9 Å². The highest BCUT2D eigenvalue weighted by Gasteiger charge is 2.26. The molecule has 6 nitrogen and oxygen atoms in total. The predicted octanol–water partition coefficient (Wildman–Crippen LogP) is -1.20. The minimum Gasteiger partial charge on any atom is -0.480 e. The van der Waals surface area contributed by atoms with Crippen LogP contribution in [0.2, 0.25) is 0 Å². The van der Waals surface area contributed by atoms with Gasteiger partial charge >= 0.3 is 5.97 Å². The van der Waals surface area contributed by atoms with Crippen LogP contribution in [-0.4, -0.2) is 27.3 Å². The van der Waals surface area contributed by atoms with Crippen molar-refractivity contribution in [3.8, 4) is 0 Å². The summed E-state index contributed by atoms with van der Waals surface area (Å²) in [5, 5.41) is 16.6. The highest BCUT2D eigenvalue weighted by molar-refractivity contribution is 5.74. The number of aromatic nitrogens is 2. The first-order valence-corrected chi connectivity index (χ1v) is 3.93. The molecule has 2 rings (SSSR count). The van der Waals surface area contributed by atoms with E-state index in [1.165, 1.54) is 0 Å². The Hall–Kier alpha value is -1.56. The summed E-state index contributed by atoms with van der Waals surface area (Å²) in [5.74, 6) is -0.896. The Balaban J connectivity index is 2.30. The van der Waals surface area contributed by atoms with Gasteiger partial charge in [0.25, 0.3) is 5.56 Å². The van der Waals surface area contributed by atoms with Gasteiger partial charge in [-0.2, -0.15) is 0 Å². The van der Waals surface area contributed by atoms with Crippen LogP contribution in [0.3, 0.4) is 0 Å². The molecule has 0 aromatic carbocycles. The second-order valence-electron chi connectivity index (χ2n) is 3.01. The Morgan fingerprint density at radius 1 is 1.46 bits per heavy atom. The topological polar surface area (TPSA) is 98.0 Å². The van der Waals surface area contributed by atoms with Crippen LogP contribution in [-0.2, 0) is 17.8 Å². The Morgan fingerprint density at radius 2 is 2.23 bits per heavy atom. The molecular formula is C7H9N3O3. The van der Waals surface area contributed by atoms with Crippen molar-refractivity contribution in [1.82, 2.24) is 15.5 Å². The number of carboxylic acids is 1. The molecule has 13 heavy (non-hydrogen) atoms. The van der Waals surface area contributed by atoms with Gasteiger partial charge in [0.15, 0.2) is 0 Å². The monoisotopic (exact) mass is 183 g/mol. The van der Waals surface area contributed by atoms with E-state index in [1.807, 2.05) is 0 Å². The molecular weight excluding hydrogens is 174 g/mol. The van der Waals surface area contributed by atoms with E-state index >= 15 is 0 Å². The summed E-state index contributed by atoms with van der Waals surface area (Å²) in [4.78, 5) is 21.7. The molecule has 0 saturated heterocycles. The lowest BCUT2D eigenvalue weighted by atomic mass is 10.0. The van der Waals surface area contributed by atoms with Crippen molar-refractivity contribution >= 4 is 5.97 Å². The SMILES string of the molecule is O=C(O)C1Cc2[nH][nH]c(=O)c2CN1. The van der Waals surface area contributed by atoms with Crippen LogP contribution in [0, 0.1) is 0 Å². The molecule has 0 fully saturated rings. The van der Waals surface area contributed by atoms with Gasteiger partial charge in [-0.05, 0) is 0 Å². The number of aliphatic carboxylic acids is 1. The summed E-state index contributed by atoms with van der Waals surface area (Å²) in [6, 6.07) is -0.598. The summed E-state index contributed by atoms with van der Waals surface area (Å²) in [7, 11) is 0. The van der Waals surface area contributed by atoms with E-state index in [1.54, 1.807) is 0 Å². The van der Waals surface area contributed by atoms with Gasteiger partial charge in [-0.3, -0.25) is 20.0 Å². The maximum absolute atomic E-state index is 11.1. The minimum atomic E-state index is -0.896. The number of nitrogens with one attached hydrogen (secondary N) is 3. The fourth-order valence-electron chi connectivity index (χ4n) is 1.46. The van der Waals surface area contributed by atoms with E-state index in [9.17, 15) is 9.59 Å². The van der Waals surface area contributed by atoms with Crippen molar-refractivity contribution in [2.45, 2.75) is 19.0 Å². The molecule has 0 aliphatic carbocycles. The zero-order valence-electron chi connectivity index (χ0n) is 6.76. The molecule has 1 unspecified atom stereocenters. The number of hydrogen-bond acceptors (Lipinski definition) is 3. The van der Waals surface area contributed by atoms with Crippen molar-refractivity contribution in [2.75, 3.05) is 0 Å². The van der Waals surface area contributed by atoms with Gasteiger partial charge in [0.2, 0.25) is 0 Å². The Kier molecular flexibility index (Phi) is 1.70. The minimum absolute atomic E-state index is 0.175. The first-order valence-electron chi connectivity index (χ1n) is 3.93.